The number of carbonyl (C=O) groups is 2. The minimum absolute atomic E-state index is 0.124. The summed E-state index contributed by atoms with van der Waals surface area (Å²) in [4.78, 5) is 28.1. The van der Waals surface area contributed by atoms with E-state index in [4.69, 9.17) is 4.74 Å². The van der Waals surface area contributed by atoms with Gasteiger partial charge in [-0.2, -0.15) is 0 Å². The lowest BCUT2D eigenvalue weighted by molar-refractivity contribution is -0.129. The highest BCUT2D eigenvalue weighted by Crippen LogP contribution is 2.25. The van der Waals surface area contributed by atoms with Crippen LogP contribution in [0.4, 0.5) is 0 Å². The van der Waals surface area contributed by atoms with Gasteiger partial charge in [0, 0.05) is 18.0 Å². The lowest BCUT2D eigenvalue weighted by Crippen LogP contribution is -2.39. The largest absolute Gasteiger partial charge is 0.491 e. The summed E-state index contributed by atoms with van der Waals surface area (Å²) in [6, 6.07) is 15.6. The van der Waals surface area contributed by atoms with E-state index < -0.39 is 0 Å². The van der Waals surface area contributed by atoms with Gasteiger partial charge >= 0.3 is 0 Å². The minimum Gasteiger partial charge on any atom is -0.491 e. The number of para-hydroxylation sites is 1. The second-order valence-corrected chi connectivity index (χ2v) is 8.97. The van der Waals surface area contributed by atoms with Gasteiger partial charge in [-0.1, -0.05) is 49.6 Å². The van der Waals surface area contributed by atoms with E-state index in [1.165, 1.54) is 31.0 Å². The SMILES string of the molecule is Cc1ccccc1OCCNC(=O)c1ccccc1SCC(=O)N(C)C1CCCCC1. The van der Waals surface area contributed by atoms with Crippen LogP contribution in [0.5, 0.6) is 5.75 Å². The normalized spacial score (nSPS) is 14.1. The summed E-state index contributed by atoms with van der Waals surface area (Å²) < 4.78 is 5.75. The number of nitrogens with zero attached hydrogens (tertiary/aromatic N) is 1. The van der Waals surface area contributed by atoms with Crippen molar-refractivity contribution in [2.45, 2.75) is 50.0 Å². The van der Waals surface area contributed by atoms with Crippen LogP contribution in [0.2, 0.25) is 0 Å². The number of amides is 2. The van der Waals surface area contributed by atoms with E-state index in [0.717, 1.165) is 29.1 Å². The van der Waals surface area contributed by atoms with Crippen LogP contribution in [-0.2, 0) is 4.79 Å². The molecular weight excluding hydrogens is 408 g/mol. The summed E-state index contributed by atoms with van der Waals surface area (Å²) in [5, 5.41) is 2.92. The number of hydrogen-bond acceptors (Lipinski definition) is 4. The Morgan fingerprint density at radius 2 is 1.77 bits per heavy atom. The topological polar surface area (TPSA) is 58.6 Å². The van der Waals surface area contributed by atoms with Gasteiger partial charge in [0.2, 0.25) is 5.91 Å². The molecule has 3 rings (SSSR count). The van der Waals surface area contributed by atoms with Crippen LogP contribution in [-0.4, -0.2) is 48.7 Å². The summed E-state index contributed by atoms with van der Waals surface area (Å²) >= 11 is 1.43. The highest BCUT2D eigenvalue weighted by atomic mass is 32.2. The summed E-state index contributed by atoms with van der Waals surface area (Å²) in [5.41, 5.74) is 1.66. The molecule has 1 saturated carbocycles. The standard InChI is InChI=1S/C25H32N2O3S/c1-19-10-6-8-14-22(19)30-17-16-26-25(29)21-13-7-9-15-23(21)31-18-24(28)27(2)20-11-4-3-5-12-20/h6-10,13-15,20H,3-5,11-12,16-18H2,1-2H3,(H,26,29). The quantitative estimate of drug-likeness (QED) is 0.454. The first-order chi connectivity index (χ1) is 15.1. The first kappa shape index (κ1) is 23.2. The monoisotopic (exact) mass is 440 g/mol. The average Bonchev–Trinajstić information content (AvgIpc) is 2.81. The molecule has 1 N–H and O–H groups in total. The number of hydrogen-bond donors (Lipinski definition) is 1. The van der Waals surface area contributed by atoms with Crippen LogP contribution in [0, 0.1) is 6.92 Å². The van der Waals surface area contributed by atoms with Gasteiger partial charge in [-0.15, -0.1) is 11.8 Å². The summed E-state index contributed by atoms with van der Waals surface area (Å²) in [6.07, 6.45) is 5.86. The molecule has 166 valence electrons. The Hall–Kier alpha value is -2.47. The van der Waals surface area contributed by atoms with Gasteiger partial charge in [0.1, 0.15) is 12.4 Å². The highest BCUT2D eigenvalue weighted by Gasteiger charge is 2.22. The van der Waals surface area contributed by atoms with Crippen LogP contribution in [0.1, 0.15) is 48.0 Å². The van der Waals surface area contributed by atoms with Crippen LogP contribution in [0.15, 0.2) is 53.4 Å². The molecule has 1 aliphatic carbocycles. The number of thioether (sulfide) groups is 1. The van der Waals surface area contributed by atoms with Gasteiger partial charge in [0.25, 0.3) is 5.91 Å². The molecular formula is C25H32N2O3S. The zero-order valence-electron chi connectivity index (χ0n) is 18.4. The third kappa shape index (κ3) is 6.76. The molecule has 0 heterocycles. The Labute approximate surface area is 189 Å². The predicted molar refractivity (Wildman–Crippen MR) is 126 cm³/mol. The van der Waals surface area contributed by atoms with E-state index in [-0.39, 0.29) is 11.8 Å². The summed E-state index contributed by atoms with van der Waals surface area (Å²) in [7, 11) is 1.91. The van der Waals surface area contributed by atoms with Crippen molar-refractivity contribution in [3.05, 3.63) is 59.7 Å². The molecule has 0 atom stereocenters. The van der Waals surface area contributed by atoms with Gasteiger partial charge in [0.05, 0.1) is 17.9 Å². The van der Waals surface area contributed by atoms with E-state index in [0.29, 0.717) is 30.5 Å². The lowest BCUT2D eigenvalue weighted by atomic mass is 9.94. The third-order valence-corrected chi connectivity index (χ3v) is 6.80. The Kier molecular flexibility index (Phi) is 8.83. The molecule has 0 spiro atoms. The molecule has 5 nitrogen and oxygen atoms in total. The Balaban J connectivity index is 1.49. The molecule has 0 aliphatic heterocycles. The molecule has 2 amide bonds. The summed E-state index contributed by atoms with van der Waals surface area (Å²) in [6.45, 7) is 2.81. The first-order valence-electron chi connectivity index (χ1n) is 11.0. The molecule has 0 unspecified atom stereocenters. The number of aryl methyl sites for hydroxylation is 1. The second-order valence-electron chi connectivity index (χ2n) is 7.95. The summed E-state index contributed by atoms with van der Waals surface area (Å²) in [5.74, 6) is 1.14. The van der Waals surface area contributed by atoms with Gasteiger partial charge in [0.15, 0.2) is 0 Å². The molecule has 0 bridgehead atoms. The second kappa shape index (κ2) is 11.8. The number of benzene rings is 2. The van der Waals surface area contributed by atoms with Crippen LogP contribution >= 0.6 is 11.8 Å². The van der Waals surface area contributed by atoms with Gasteiger partial charge in [-0.25, -0.2) is 0 Å². The fourth-order valence-corrected chi connectivity index (χ4v) is 4.81. The molecule has 2 aromatic rings. The zero-order valence-corrected chi connectivity index (χ0v) is 19.2. The van der Waals surface area contributed by atoms with E-state index in [1.54, 1.807) is 6.07 Å². The molecule has 6 heteroatoms. The van der Waals surface area contributed by atoms with Crippen LogP contribution in [0.3, 0.4) is 0 Å². The lowest BCUT2D eigenvalue weighted by Gasteiger charge is -2.31. The van der Waals surface area contributed by atoms with Gasteiger partial charge in [-0.3, -0.25) is 9.59 Å². The van der Waals surface area contributed by atoms with Crippen molar-refractivity contribution >= 4 is 23.6 Å². The zero-order chi connectivity index (χ0) is 22.1. The maximum atomic E-state index is 12.7. The molecule has 0 aromatic heterocycles. The molecule has 0 saturated heterocycles. The van der Waals surface area contributed by atoms with Crippen molar-refractivity contribution in [2.75, 3.05) is 26.0 Å². The number of rotatable bonds is 9. The maximum Gasteiger partial charge on any atom is 0.252 e. The highest BCUT2D eigenvalue weighted by molar-refractivity contribution is 8.00. The van der Waals surface area contributed by atoms with Crippen LogP contribution in [0.25, 0.3) is 0 Å². The fraction of sp³-hybridized carbons (Fsp3) is 0.440. The molecule has 2 aromatic carbocycles. The smallest absolute Gasteiger partial charge is 0.252 e. The van der Waals surface area contributed by atoms with Crippen molar-refractivity contribution in [1.29, 1.82) is 0 Å². The van der Waals surface area contributed by atoms with Crippen LogP contribution < -0.4 is 10.1 Å². The van der Waals surface area contributed by atoms with E-state index in [1.807, 2.05) is 61.3 Å². The number of nitrogens with one attached hydrogen (secondary N) is 1. The first-order valence-corrected chi connectivity index (χ1v) is 12.0. The predicted octanol–water partition coefficient (Wildman–Crippen LogP) is 4.69. The third-order valence-electron chi connectivity index (χ3n) is 5.74. The Morgan fingerprint density at radius 3 is 2.55 bits per heavy atom. The van der Waals surface area contributed by atoms with E-state index >= 15 is 0 Å². The average molecular weight is 441 g/mol. The molecule has 1 aliphatic rings. The van der Waals surface area contributed by atoms with Gasteiger partial charge < -0.3 is 15.0 Å². The molecule has 0 radical (unpaired) electrons. The van der Waals surface area contributed by atoms with Crippen molar-refractivity contribution in [1.82, 2.24) is 10.2 Å². The van der Waals surface area contributed by atoms with E-state index in [2.05, 4.69) is 5.32 Å². The Bertz CT molecular complexity index is 881. The van der Waals surface area contributed by atoms with Gasteiger partial charge in [-0.05, 0) is 43.5 Å². The molecule has 1 fully saturated rings. The number of carbonyl (C=O) groups excluding carboxylic acids is 2. The van der Waals surface area contributed by atoms with Crippen molar-refractivity contribution in [3.63, 3.8) is 0 Å². The van der Waals surface area contributed by atoms with E-state index in [9.17, 15) is 9.59 Å². The van der Waals surface area contributed by atoms with Crippen molar-refractivity contribution in [3.8, 4) is 5.75 Å². The fourth-order valence-electron chi connectivity index (χ4n) is 3.83. The van der Waals surface area contributed by atoms with Crippen molar-refractivity contribution in [2.24, 2.45) is 0 Å². The molecule has 31 heavy (non-hydrogen) atoms. The Morgan fingerprint density at radius 1 is 1.06 bits per heavy atom. The maximum absolute atomic E-state index is 12.7. The minimum atomic E-state index is -0.149. The number of ether oxygens (including phenoxy) is 1. The van der Waals surface area contributed by atoms with Crippen molar-refractivity contribution < 1.29 is 14.3 Å².